The van der Waals surface area contributed by atoms with Crippen LogP contribution in [0.3, 0.4) is 0 Å². The van der Waals surface area contributed by atoms with Gasteiger partial charge in [0.25, 0.3) is 0 Å². The molecule has 8 heavy (non-hydrogen) atoms. The fourth-order valence-electron chi connectivity index (χ4n) is 0.171. The van der Waals surface area contributed by atoms with Gasteiger partial charge in [0.05, 0.1) is 0 Å². The molecule has 0 rings (SSSR count). The molecule has 48 valence electrons. The molecule has 0 radical (unpaired) electrons. The van der Waals surface area contributed by atoms with Gasteiger partial charge in [-0.1, -0.05) is 26.8 Å². The van der Waals surface area contributed by atoms with Crippen LogP contribution in [0, 0.1) is 5.41 Å². The zero-order valence-corrected chi connectivity index (χ0v) is 6.70. The molecule has 1 atom stereocenters. The Bertz CT molecular complexity index is 82.4. The third-order valence-corrected chi connectivity index (χ3v) is 2.27. The molecular formula is C7H14S. The summed E-state index contributed by atoms with van der Waals surface area (Å²) in [5.41, 5.74) is 0.170. The SMILES string of the molecule is C=CC(C)(C)C(C)S. The van der Waals surface area contributed by atoms with Crippen molar-refractivity contribution in [3.63, 3.8) is 0 Å². The first kappa shape index (κ1) is 8.09. The summed E-state index contributed by atoms with van der Waals surface area (Å²) in [6, 6.07) is 0. The van der Waals surface area contributed by atoms with Gasteiger partial charge in [-0.2, -0.15) is 12.6 Å². The molecule has 0 saturated carbocycles. The Morgan fingerprint density at radius 2 is 2.00 bits per heavy atom. The topological polar surface area (TPSA) is 0 Å². The molecule has 0 amide bonds. The van der Waals surface area contributed by atoms with Crippen LogP contribution in [0.1, 0.15) is 20.8 Å². The second-order valence-electron chi connectivity index (χ2n) is 2.70. The van der Waals surface area contributed by atoms with Crippen LogP contribution in [-0.4, -0.2) is 5.25 Å². The van der Waals surface area contributed by atoms with E-state index in [0.717, 1.165) is 0 Å². The maximum absolute atomic E-state index is 4.29. The fraction of sp³-hybridized carbons (Fsp3) is 0.714. The molecule has 0 fully saturated rings. The molecule has 1 unspecified atom stereocenters. The number of allylic oxidation sites excluding steroid dienone is 1. The van der Waals surface area contributed by atoms with Gasteiger partial charge in [-0.3, -0.25) is 0 Å². The standard InChI is InChI=1S/C7H14S/c1-5-7(3,4)6(2)8/h5-6,8H,1H2,2-4H3. The highest BCUT2D eigenvalue weighted by atomic mass is 32.1. The second kappa shape index (κ2) is 2.58. The lowest BCUT2D eigenvalue weighted by molar-refractivity contribution is 0.480. The molecule has 0 aromatic rings. The van der Waals surface area contributed by atoms with Crippen molar-refractivity contribution in [3.05, 3.63) is 12.7 Å². The number of rotatable bonds is 2. The summed E-state index contributed by atoms with van der Waals surface area (Å²) in [5.74, 6) is 0. The van der Waals surface area contributed by atoms with Crippen molar-refractivity contribution < 1.29 is 0 Å². The van der Waals surface area contributed by atoms with E-state index in [0.29, 0.717) is 5.25 Å². The number of hydrogen-bond acceptors (Lipinski definition) is 1. The lowest BCUT2D eigenvalue weighted by Crippen LogP contribution is -2.18. The summed E-state index contributed by atoms with van der Waals surface area (Å²) in [6.45, 7) is 10.0. The van der Waals surface area contributed by atoms with Gasteiger partial charge in [0.15, 0.2) is 0 Å². The fourth-order valence-corrected chi connectivity index (χ4v) is 0.276. The monoisotopic (exact) mass is 130 g/mol. The summed E-state index contributed by atoms with van der Waals surface area (Å²) < 4.78 is 0. The molecule has 0 saturated heterocycles. The Hall–Kier alpha value is 0.0900. The Morgan fingerprint density at radius 1 is 1.62 bits per heavy atom. The minimum absolute atomic E-state index is 0.170. The van der Waals surface area contributed by atoms with Crippen LogP contribution in [0.5, 0.6) is 0 Å². The predicted molar refractivity (Wildman–Crippen MR) is 42.4 cm³/mol. The highest BCUT2D eigenvalue weighted by Gasteiger charge is 2.17. The molecule has 1 heteroatoms. The van der Waals surface area contributed by atoms with E-state index in [2.05, 4.69) is 40.0 Å². The van der Waals surface area contributed by atoms with Crippen LogP contribution < -0.4 is 0 Å². The maximum atomic E-state index is 4.29. The minimum Gasteiger partial charge on any atom is -0.175 e. The lowest BCUT2D eigenvalue weighted by atomic mass is 9.90. The molecule has 0 aliphatic carbocycles. The van der Waals surface area contributed by atoms with E-state index in [1.807, 2.05) is 6.08 Å². The quantitative estimate of drug-likeness (QED) is 0.431. The molecule has 0 heterocycles. The van der Waals surface area contributed by atoms with Crippen LogP contribution in [0.4, 0.5) is 0 Å². The minimum atomic E-state index is 0.170. The van der Waals surface area contributed by atoms with Gasteiger partial charge in [-0.25, -0.2) is 0 Å². The van der Waals surface area contributed by atoms with Crippen LogP contribution in [0.25, 0.3) is 0 Å². The highest BCUT2D eigenvalue weighted by Crippen LogP contribution is 2.24. The molecular weight excluding hydrogens is 116 g/mol. The van der Waals surface area contributed by atoms with Gasteiger partial charge in [-0.05, 0) is 5.41 Å². The first-order chi connectivity index (χ1) is 3.50. The molecule has 0 nitrogen and oxygen atoms in total. The van der Waals surface area contributed by atoms with Gasteiger partial charge in [-0.15, -0.1) is 6.58 Å². The van der Waals surface area contributed by atoms with E-state index < -0.39 is 0 Å². The van der Waals surface area contributed by atoms with E-state index in [-0.39, 0.29) is 5.41 Å². The van der Waals surface area contributed by atoms with Gasteiger partial charge < -0.3 is 0 Å². The van der Waals surface area contributed by atoms with Crippen molar-refractivity contribution in [2.75, 3.05) is 0 Å². The van der Waals surface area contributed by atoms with Crippen LogP contribution in [0.15, 0.2) is 12.7 Å². The Morgan fingerprint density at radius 3 is 2.00 bits per heavy atom. The Labute approximate surface area is 57.4 Å². The third kappa shape index (κ3) is 1.91. The van der Waals surface area contributed by atoms with Crippen molar-refractivity contribution in [1.82, 2.24) is 0 Å². The van der Waals surface area contributed by atoms with Gasteiger partial charge in [0.1, 0.15) is 0 Å². The normalized spacial score (nSPS) is 15.5. The van der Waals surface area contributed by atoms with Crippen molar-refractivity contribution in [2.24, 2.45) is 5.41 Å². The Kier molecular flexibility index (Phi) is 2.61. The average molecular weight is 130 g/mol. The summed E-state index contributed by atoms with van der Waals surface area (Å²) in [4.78, 5) is 0. The molecule has 0 bridgehead atoms. The molecule has 0 aliphatic heterocycles. The largest absolute Gasteiger partial charge is 0.175 e. The summed E-state index contributed by atoms with van der Waals surface area (Å²) >= 11 is 4.29. The van der Waals surface area contributed by atoms with E-state index in [1.54, 1.807) is 0 Å². The van der Waals surface area contributed by atoms with E-state index in [4.69, 9.17) is 0 Å². The van der Waals surface area contributed by atoms with Crippen LogP contribution in [0.2, 0.25) is 0 Å². The van der Waals surface area contributed by atoms with Crippen molar-refractivity contribution >= 4 is 12.6 Å². The van der Waals surface area contributed by atoms with Gasteiger partial charge in [0, 0.05) is 5.25 Å². The van der Waals surface area contributed by atoms with Gasteiger partial charge >= 0.3 is 0 Å². The maximum Gasteiger partial charge on any atom is 0.00741 e. The zero-order valence-electron chi connectivity index (χ0n) is 5.81. The van der Waals surface area contributed by atoms with E-state index >= 15 is 0 Å². The summed E-state index contributed by atoms with van der Waals surface area (Å²) in [5, 5.41) is 0.389. The zero-order chi connectivity index (χ0) is 6.78. The predicted octanol–water partition coefficient (Wildman–Crippen LogP) is 2.52. The highest BCUT2D eigenvalue weighted by molar-refractivity contribution is 7.81. The Balaban J connectivity index is 3.90. The van der Waals surface area contributed by atoms with Crippen molar-refractivity contribution in [1.29, 1.82) is 0 Å². The molecule has 0 aromatic carbocycles. The van der Waals surface area contributed by atoms with Crippen LogP contribution >= 0.6 is 12.6 Å². The number of hydrogen-bond donors (Lipinski definition) is 1. The number of thiol groups is 1. The van der Waals surface area contributed by atoms with Crippen molar-refractivity contribution in [2.45, 2.75) is 26.0 Å². The molecule has 0 aliphatic rings. The molecule has 0 spiro atoms. The third-order valence-electron chi connectivity index (χ3n) is 1.60. The van der Waals surface area contributed by atoms with Gasteiger partial charge in [0.2, 0.25) is 0 Å². The first-order valence-electron chi connectivity index (χ1n) is 2.82. The first-order valence-corrected chi connectivity index (χ1v) is 3.34. The second-order valence-corrected chi connectivity index (χ2v) is 3.48. The van der Waals surface area contributed by atoms with E-state index in [9.17, 15) is 0 Å². The van der Waals surface area contributed by atoms with Crippen molar-refractivity contribution in [3.8, 4) is 0 Å². The average Bonchev–Trinajstić information content (AvgIpc) is 1.67. The summed E-state index contributed by atoms with van der Waals surface area (Å²) in [7, 11) is 0. The summed E-state index contributed by atoms with van der Waals surface area (Å²) in [6.07, 6.45) is 1.94. The van der Waals surface area contributed by atoms with Crippen LogP contribution in [-0.2, 0) is 0 Å². The molecule has 0 N–H and O–H groups in total. The lowest BCUT2D eigenvalue weighted by Gasteiger charge is -2.23. The molecule has 0 aromatic heterocycles. The van der Waals surface area contributed by atoms with E-state index in [1.165, 1.54) is 0 Å². The smallest absolute Gasteiger partial charge is 0.00741 e.